The number of rotatable bonds is 3. The lowest BCUT2D eigenvalue weighted by molar-refractivity contribution is 0.419. The van der Waals surface area contributed by atoms with Crippen molar-refractivity contribution < 1.29 is 0 Å². The molecule has 0 bridgehead atoms. The van der Waals surface area contributed by atoms with Gasteiger partial charge in [-0.3, -0.25) is 4.98 Å². The molecule has 0 amide bonds. The number of nitrogens with one attached hydrogen (secondary N) is 1. The Bertz CT molecular complexity index is 564. The molecule has 3 rings (SSSR count). The predicted octanol–water partition coefficient (Wildman–Crippen LogP) is 3.23. The summed E-state index contributed by atoms with van der Waals surface area (Å²) < 4.78 is 0. The van der Waals surface area contributed by atoms with E-state index in [4.69, 9.17) is 0 Å². The summed E-state index contributed by atoms with van der Waals surface area (Å²) >= 11 is 1.75. The van der Waals surface area contributed by atoms with Crippen LogP contribution in [0.3, 0.4) is 0 Å². The first-order valence-corrected chi connectivity index (χ1v) is 7.70. The molecule has 1 aliphatic rings. The third-order valence-corrected chi connectivity index (χ3v) is 5.03. The van der Waals surface area contributed by atoms with Crippen LogP contribution in [0.15, 0.2) is 23.8 Å². The number of nitrogens with zero attached hydrogens (tertiary/aromatic N) is 2. The second kappa shape index (κ2) is 5.39. The van der Waals surface area contributed by atoms with Crippen molar-refractivity contribution in [2.24, 2.45) is 0 Å². The second-order valence-electron chi connectivity index (χ2n) is 5.11. The average molecular weight is 273 g/mol. The van der Waals surface area contributed by atoms with Gasteiger partial charge in [-0.1, -0.05) is 6.07 Å². The highest BCUT2D eigenvalue weighted by Crippen LogP contribution is 2.40. The van der Waals surface area contributed by atoms with Crippen molar-refractivity contribution in [3.63, 3.8) is 0 Å². The summed E-state index contributed by atoms with van der Waals surface area (Å²) in [6, 6.07) is 4.61. The molecule has 0 radical (unpaired) electrons. The molecule has 3 nitrogen and oxygen atoms in total. The molecule has 0 spiro atoms. The Morgan fingerprint density at radius 1 is 1.42 bits per heavy atom. The first kappa shape index (κ1) is 12.8. The van der Waals surface area contributed by atoms with Gasteiger partial charge in [0, 0.05) is 22.7 Å². The number of likely N-dealkylation sites (N-methyl/N-ethyl adjacent to an activating group) is 1. The van der Waals surface area contributed by atoms with Crippen LogP contribution in [-0.2, 0) is 6.42 Å². The number of hydrogen-bond acceptors (Lipinski definition) is 4. The molecule has 0 aliphatic heterocycles. The first-order valence-electron chi connectivity index (χ1n) is 6.82. The lowest BCUT2D eigenvalue weighted by atomic mass is 9.81. The van der Waals surface area contributed by atoms with Gasteiger partial charge in [0.1, 0.15) is 0 Å². The van der Waals surface area contributed by atoms with Crippen LogP contribution in [0.4, 0.5) is 0 Å². The molecule has 19 heavy (non-hydrogen) atoms. The first-order chi connectivity index (χ1) is 9.31. The van der Waals surface area contributed by atoms with Gasteiger partial charge in [-0.25, -0.2) is 4.98 Å². The van der Waals surface area contributed by atoms with E-state index in [1.54, 1.807) is 11.3 Å². The monoisotopic (exact) mass is 273 g/mol. The third kappa shape index (κ3) is 2.30. The standard InChI is InChI=1S/C15H19N3S/c1-10-15(19-9-18-10)14(16-2)12-7-3-5-11-6-4-8-17-13(11)12/h4,6,8-9,12,14,16H,3,5,7H2,1-2H3. The summed E-state index contributed by atoms with van der Waals surface area (Å²) in [5, 5.41) is 3.49. The largest absolute Gasteiger partial charge is 0.312 e. The molecule has 2 aromatic heterocycles. The van der Waals surface area contributed by atoms with Crippen LogP contribution in [-0.4, -0.2) is 17.0 Å². The molecule has 2 heterocycles. The van der Waals surface area contributed by atoms with E-state index in [1.165, 1.54) is 29.0 Å². The zero-order valence-corrected chi connectivity index (χ0v) is 12.2. The van der Waals surface area contributed by atoms with E-state index in [1.807, 2.05) is 24.8 Å². The van der Waals surface area contributed by atoms with Gasteiger partial charge < -0.3 is 5.32 Å². The highest BCUT2D eigenvalue weighted by molar-refractivity contribution is 7.09. The predicted molar refractivity (Wildman–Crippen MR) is 78.6 cm³/mol. The van der Waals surface area contributed by atoms with E-state index < -0.39 is 0 Å². The van der Waals surface area contributed by atoms with Crippen LogP contribution in [0.1, 0.15) is 46.6 Å². The molecule has 2 atom stereocenters. The fraction of sp³-hybridized carbons (Fsp3) is 0.467. The zero-order chi connectivity index (χ0) is 13.2. The Hall–Kier alpha value is -1.26. The normalized spacial score (nSPS) is 20.0. The molecule has 100 valence electrons. The van der Waals surface area contributed by atoms with Crippen LogP contribution in [0.25, 0.3) is 0 Å². The van der Waals surface area contributed by atoms with Gasteiger partial charge in [-0.15, -0.1) is 11.3 Å². The number of aryl methyl sites for hydroxylation is 2. The van der Waals surface area contributed by atoms with Crippen LogP contribution in [0.5, 0.6) is 0 Å². The SMILES string of the molecule is CNC(c1scnc1C)C1CCCc2cccnc21. The second-order valence-corrected chi connectivity index (χ2v) is 6.00. The lowest BCUT2D eigenvalue weighted by Crippen LogP contribution is -2.27. The summed E-state index contributed by atoms with van der Waals surface area (Å²) in [7, 11) is 2.04. The number of pyridine rings is 1. The number of aromatic nitrogens is 2. The minimum atomic E-state index is 0.335. The van der Waals surface area contributed by atoms with Crippen molar-refractivity contribution in [2.75, 3.05) is 7.05 Å². The Kier molecular flexibility index (Phi) is 3.62. The van der Waals surface area contributed by atoms with Gasteiger partial charge in [0.2, 0.25) is 0 Å². The molecule has 2 aromatic rings. The maximum atomic E-state index is 4.65. The summed E-state index contributed by atoms with van der Waals surface area (Å²) in [6.07, 6.45) is 5.54. The van der Waals surface area contributed by atoms with Gasteiger partial charge in [0.25, 0.3) is 0 Å². The summed E-state index contributed by atoms with van der Waals surface area (Å²) in [5.41, 5.74) is 5.78. The maximum Gasteiger partial charge on any atom is 0.0798 e. The van der Waals surface area contributed by atoms with Crippen molar-refractivity contribution in [1.82, 2.24) is 15.3 Å². The van der Waals surface area contributed by atoms with Crippen LogP contribution in [0, 0.1) is 6.92 Å². The Labute approximate surface area is 118 Å². The van der Waals surface area contributed by atoms with E-state index >= 15 is 0 Å². The molecule has 4 heteroatoms. The molecule has 1 N–H and O–H groups in total. The lowest BCUT2D eigenvalue weighted by Gasteiger charge is -2.31. The van der Waals surface area contributed by atoms with Crippen molar-refractivity contribution >= 4 is 11.3 Å². The van der Waals surface area contributed by atoms with Gasteiger partial charge in [0.15, 0.2) is 0 Å². The van der Waals surface area contributed by atoms with Crippen molar-refractivity contribution in [3.8, 4) is 0 Å². The molecule has 0 fully saturated rings. The minimum absolute atomic E-state index is 0.335. The minimum Gasteiger partial charge on any atom is -0.312 e. The smallest absolute Gasteiger partial charge is 0.0798 e. The molecular formula is C15H19N3S. The molecule has 2 unspecified atom stereocenters. The highest BCUT2D eigenvalue weighted by Gasteiger charge is 2.30. The average Bonchev–Trinajstić information content (AvgIpc) is 2.86. The Balaban J connectivity index is 2.00. The molecule has 1 aliphatic carbocycles. The Morgan fingerprint density at radius 3 is 3.05 bits per heavy atom. The number of thiazole rings is 1. The summed E-state index contributed by atoms with van der Waals surface area (Å²) in [5.74, 6) is 0.467. The van der Waals surface area contributed by atoms with E-state index in [9.17, 15) is 0 Å². The fourth-order valence-corrected chi connectivity index (χ4v) is 4.07. The summed E-state index contributed by atoms with van der Waals surface area (Å²) in [6.45, 7) is 2.10. The quantitative estimate of drug-likeness (QED) is 0.933. The number of hydrogen-bond donors (Lipinski definition) is 1. The van der Waals surface area contributed by atoms with Gasteiger partial charge in [-0.2, -0.15) is 0 Å². The van der Waals surface area contributed by atoms with E-state index in [2.05, 4.69) is 28.3 Å². The van der Waals surface area contributed by atoms with Crippen molar-refractivity contribution in [3.05, 3.63) is 45.7 Å². The van der Waals surface area contributed by atoms with Crippen LogP contribution < -0.4 is 5.32 Å². The van der Waals surface area contributed by atoms with E-state index in [-0.39, 0.29) is 0 Å². The van der Waals surface area contributed by atoms with Crippen LogP contribution in [0.2, 0.25) is 0 Å². The highest BCUT2D eigenvalue weighted by atomic mass is 32.1. The van der Waals surface area contributed by atoms with Gasteiger partial charge in [0.05, 0.1) is 17.2 Å². The number of fused-ring (bicyclic) bond motifs is 1. The molecular weight excluding hydrogens is 254 g/mol. The molecule has 0 saturated carbocycles. The molecule has 0 saturated heterocycles. The molecule has 0 aromatic carbocycles. The van der Waals surface area contributed by atoms with E-state index in [0.717, 1.165) is 12.1 Å². The maximum absolute atomic E-state index is 4.65. The Morgan fingerprint density at radius 2 is 2.32 bits per heavy atom. The third-order valence-electron chi connectivity index (χ3n) is 4.02. The van der Waals surface area contributed by atoms with Crippen molar-refractivity contribution in [2.45, 2.75) is 38.1 Å². The van der Waals surface area contributed by atoms with Gasteiger partial charge in [-0.05, 0) is 44.9 Å². The summed E-state index contributed by atoms with van der Waals surface area (Å²) in [4.78, 5) is 10.4. The van der Waals surface area contributed by atoms with Gasteiger partial charge >= 0.3 is 0 Å². The fourth-order valence-electron chi connectivity index (χ4n) is 3.09. The van der Waals surface area contributed by atoms with E-state index in [0.29, 0.717) is 12.0 Å². The van der Waals surface area contributed by atoms with Crippen molar-refractivity contribution in [1.29, 1.82) is 0 Å². The zero-order valence-electron chi connectivity index (χ0n) is 11.4. The topological polar surface area (TPSA) is 37.8 Å². The van der Waals surface area contributed by atoms with Crippen LogP contribution >= 0.6 is 11.3 Å².